The molecule has 3 atom stereocenters. The first-order valence-electron chi connectivity index (χ1n) is 7.75. The number of carboxylic acid groups (broad SMARTS) is 1. The number of hydrogen-bond donors (Lipinski definition) is 4. The molecule has 1 fully saturated rings. The third kappa shape index (κ3) is 4.95. The highest BCUT2D eigenvalue weighted by atomic mass is 16.4. The van der Waals surface area contributed by atoms with Crippen LogP contribution in [0.5, 0.6) is 0 Å². The molecule has 0 aromatic rings. The molecule has 7 heteroatoms. The van der Waals surface area contributed by atoms with Crippen LogP contribution in [0.3, 0.4) is 0 Å². The molecule has 0 heterocycles. The standard InChI is InChI=1S/C14H29BN2O4/c1-10(2)17(3)9-12-5-4-11(6-7-15(20)21)8-14(12,16)13(18)19/h10-12,20-21H,4-9,16H2,1-3H3,(H,18,19)/t11?,12-,14+/m0/s1. The average molecular weight is 300 g/mol. The molecule has 1 saturated carbocycles. The first-order valence-corrected chi connectivity index (χ1v) is 7.75. The molecule has 1 aliphatic rings. The van der Waals surface area contributed by atoms with Crippen LogP contribution in [0.4, 0.5) is 0 Å². The van der Waals surface area contributed by atoms with Crippen LogP contribution in [0.2, 0.25) is 6.32 Å². The van der Waals surface area contributed by atoms with Crippen molar-refractivity contribution in [2.75, 3.05) is 13.6 Å². The van der Waals surface area contributed by atoms with Gasteiger partial charge in [0.25, 0.3) is 0 Å². The highest BCUT2D eigenvalue weighted by Gasteiger charge is 2.47. The van der Waals surface area contributed by atoms with Gasteiger partial charge in [0.1, 0.15) is 5.54 Å². The van der Waals surface area contributed by atoms with Crippen molar-refractivity contribution < 1.29 is 19.9 Å². The van der Waals surface area contributed by atoms with E-state index in [2.05, 4.69) is 18.7 Å². The summed E-state index contributed by atoms with van der Waals surface area (Å²) < 4.78 is 0. The number of rotatable bonds is 7. The van der Waals surface area contributed by atoms with Crippen molar-refractivity contribution in [1.82, 2.24) is 4.90 Å². The molecule has 0 bridgehead atoms. The Morgan fingerprint density at radius 2 is 2.05 bits per heavy atom. The van der Waals surface area contributed by atoms with Crippen LogP contribution in [-0.2, 0) is 4.79 Å². The molecule has 5 N–H and O–H groups in total. The van der Waals surface area contributed by atoms with Gasteiger partial charge in [0.15, 0.2) is 0 Å². The molecule has 0 radical (unpaired) electrons. The Balaban J connectivity index is 2.72. The molecule has 122 valence electrons. The molecule has 0 spiro atoms. The quantitative estimate of drug-likeness (QED) is 0.507. The Hall–Kier alpha value is -0.625. The van der Waals surface area contributed by atoms with Gasteiger partial charge in [-0.05, 0) is 52.4 Å². The Bertz CT molecular complexity index is 354. The Labute approximate surface area is 127 Å². The van der Waals surface area contributed by atoms with Gasteiger partial charge in [-0.15, -0.1) is 0 Å². The number of nitrogens with zero attached hydrogens (tertiary/aromatic N) is 1. The van der Waals surface area contributed by atoms with Crippen LogP contribution in [0.15, 0.2) is 0 Å². The van der Waals surface area contributed by atoms with Gasteiger partial charge in [-0.2, -0.15) is 0 Å². The molecule has 0 aliphatic heterocycles. The summed E-state index contributed by atoms with van der Waals surface area (Å²) in [6.45, 7) is 4.83. The molecule has 0 aromatic carbocycles. The molecule has 1 aliphatic carbocycles. The van der Waals surface area contributed by atoms with Gasteiger partial charge < -0.3 is 25.8 Å². The number of aliphatic carboxylic acids is 1. The lowest BCUT2D eigenvalue weighted by atomic mass is 9.66. The van der Waals surface area contributed by atoms with E-state index in [0.717, 1.165) is 12.8 Å². The summed E-state index contributed by atoms with van der Waals surface area (Å²) in [6, 6.07) is 0.352. The van der Waals surface area contributed by atoms with Crippen molar-refractivity contribution in [3.63, 3.8) is 0 Å². The average Bonchev–Trinajstić information content (AvgIpc) is 2.38. The molecule has 0 aromatic heterocycles. The van der Waals surface area contributed by atoms with Gasteiger partial charge in [0, 0.05) is 18.5 Å². The number of carboxylic acids is 1. The zero-order valence-corrected chi connectivity index (χ0v) is 13.3. The van der Waals surface area contributed by atoms with Gasteiger partial charge in [-0.3, -0.25) is 4.79 Å². The number of nitrogens with two attached hydrogens (primary N) is 1. The van der Waals surface area contributed by atoms with Gasteiger partial charge in [0.05, 0.1) is 0 Å². The summed E-state index contributed by atoms with van der Waals surface area (Å²) in [5.74, 6) is -0.870. The van der Waals surface area contributed by atoms with E-state index in [1.807, 2.05) is 7.05 Å². The van der Waals surface area contributed by atoms with Crippen molar-refractivity contribution in [2.24, 2.45) is 17.6 Å². The molecule has 1 rings (SSSR count). The largest absolute Gasteiger partial charge is 0.480 e. The summed E-state index contributed by atoms with van der Waals surface area (Å²) in [5.41, 5.74) is 5.02. The van der Waals surface area contributed by atoms with Crippen LogP contribution in [0, 0.1) is 11.8 Å². The lowest BCUT2D eigenvalue weighted by molar-refractivity contribution is -0.148. The fourth-order valence-corrected chi connectivity index (χ4v) is 3.15. The Morgan fingerprint density at radius 1 is 1.43 bits per heavy atom. The van der Waals surface area contributed by atoms with Crippen molar-refractivity contribution in [1.29, 1.82) is 0 Å². The van der Waals surface area contributed by atoms with Gasteiger partial charge in [-0.25, -0.2) is 0 Å². The van der Waals surface area contributed by atoms with E-state index in [4.69, 9.17) is 15.8 Å². The van der Waals surface area contributed by atoms with E-state index in [9.17, 15) is 9.90 Å². The summed E-state index contributed by atoms with van der Waals surface area (Å²) in [6.07, 6.45) is 2.96. The van der Waals surface area contributed by atoms with E-state index >= 15 is 0 Å². The molecule has 0 saturated heterocycles. The van der Waals surface area contributed by atoms with E-state index in [0.29, 0.717) is 25.4 Å². The first kappa shape index (κ1) is 18.4. The van der Waals surface area contributed by atoms with E-state index in [1.54, 1.807) is 0 Å². The summed E-state index contributed by atoms with van der Waals surface area (Å²) in [7, 11) is 0.660. The zero-order valence-electron chi connectivity index (χ0n) is 13.3. The van der Waals surface area contributed by atoms with E-state index in [1.165, 1.54) is 0 Å². The maximum absolute atomic E-state index is 11.7. The summed E-state index contributed by atoms with van der Waals surface area (Å²) in [4.78, 5) is 13.8. The predicted molar refractivity (Wildman–Crippen MR) is 82.8 cm³/mol. The van der Waals surface area contributed by atoms with Crippen LogP contribution in [0.1, 0.15) is 39.5 Å². The topological polar surface area (TPSA) is 107 Å². The second-order valence-electron chi connectivity index (χ2n) is 6.78. The van der Waals surface area contributed by atoms with Crippen LogP contribution >= 0.6 is 0 Å². The van der Waals surface area contributed by atoms with Crippen molar-refractivity contribution >= 4 is 13.1 Å². The van der Waals surface area contributed by atoms with Gasteiger partial charge in [-0.1, -0.05) is 6.42 Å². The van der Waals surface area contributed by atoms with Crippen molar-refractivity contribution in [2.45, 2.75) is 57.4 Å². The van der Waals surface area contributed by atoms with Crippen molar-refractivity contribution in [3.8, 4) is 0 Å². The number of hydrogen-bond acceptors (Lipinski definition) is 5. The first-order chi connectivity index (χ1) is 9.66. The molecule has 21 heavy (non-hydrogen) atoms. The lowest BCUT2D eigenvalue weighted by Gasteiger charge is -2.43. The molecular weight excluding hydrogens is 271 g/mol. The summed E-state index contributed by atoms with van der Waals surface area (Å²) in [5, 5.41) is 27.5. The van der Waals surface area contributed by atoms with E-state index < -0.39 is 18.6 Å². The number of carbonyl (C=O) groups is 1. The zero-order chi connectivity index (χ0) is 16.2. The SMILES string of the molecule is CC(C)N(C)C[C@@H]1CCC(CCB(O)O)C[C@]1(N)C(=O)O. The minimum atomic E-state index is -1.33. The lowest BCUT2D eigenvalue weighted by Crippen LogP contribution is -2.60. The fraction of sp³-hybridized carbons (Fsp3) is 0.929. The maximum Gasteiger partial charge on any atom is 0.451 e. The van der Waals surface area contributed by atoms with Gasteiger partial charge in [0.2, 0.25) is 0 Å². The molecule has 1 unspecified atom stereocenters. The smallest absolute Gasteiger partial charge is 0.451 e. The summed E-state index contributed by atoms with van der Waals surface area (Å²) >= 11 is 0. The maximum atomic E-state index is 11.7. The second-order valence-corrected chi connectivity index (χ2v) is 6.78. The predicted octanol–water partition coefficient (Wildman–Crippen LogP) is 0.388. The monoisotopic (exact) mass is 300 g/mol. The normalized spacial score (nSPS) is 29.9. The minimum Gasteiger partial charge on any atom is -0.480 e. The molecule has 0 amide bonds. The van der Waals surface area contributed by atoms with Crippen LogP contribution < -0.4 is 5.73 Å². The van der Waals surface area contributed by atoms with E-state index in [-0.39, 0.29) is 18.2 Å². The molecule has 6 nitrogen and oxygen atoms in total. The highest BCUT2D eigenvalue weighted by Crippen LogP contribution is 2.38. The van der Waals surface area contributed by atoms with Crippen molar-refractivity contribution in [3.05, 3.63) is 0 Å². The fourth-order valence-electron chi connectivity index (χ4n) is 3.15. The third-order valence-corrected chi connectivity index (χ3v) is 4.90. The Kier molecular flexibility index (Phi) is 6.65. The molecular formula is C14H29BN2O4. The third-order valence-electron chi connectivity index (χ3n) is 4.90. The minimum absolute atomic E-state index is 0.0716. The second kappa shape index (κ2) is 7.58. The highest BCUT2D eigenvalue weighted by molar-refractivity contribution is 6.40. The van der Waals surface area contributed by atoms with Gasteiger partial charge >= 0.3 is 13.1 Å². The Morgan fingerprint density at radius 3 is 2.52 bits per heavy atom. The van der Waals surface area contributed by atoms with Crippen LogP contribution in [0.25, 0.3) is 0 Å². The van der Waals surface area contributed by atoms with Crippen LogP contribution in [-0.4, -0.2) is 58.3 Å².